The van der Waals surface area contributed by atoms with E-state index in [2.05, 4.69) is 154 Å². The molecule has 0 aliphatic heterocycles. The van der Waals surface area contributed by atoms with E-state index in [1.54, 1.807) is 0 Å². The minimum atomic E-state index is -0.832. The molecule has 0 rings (SSSR count). The van der Waals surface area contributed by atoms with Crippen molar-refractivity contribution in [2.45, 2.75) is 219 Å². The first kappa shape index (κ1) is 62.5. The van der Waals surface area contributed by atoms with Gasteiger partial charge < -0.3 is 14.2 Å². The summed E-state index contributed by atoms with van der Waals surface area (Å²) in [6.07, 6.45) is 75.8. The smallest absolute Gasteiger partial charge is 0.306 e. The number of carbonyl (C=O) groups excluding carboxylic acids is 3. The van der Waals surface area contributed by atoms with Gasteiger partial charge in [0.1, 0.15) is 13.2 Å². The van der Waals surface area contributed by atoms with Crippen LogP contribution in [0.1, 0.15) is 213 Å². The molecule has 0 amide bonds. The largest absolute Gasteiger partial charge is 0.462 e. The maximum atomic E-state index is 12.8. The first-order valence-corrected chi connectivity index (χ1v) is 26.7. The average molecular weight is 925 g/mol. The zero-order valence-corrected chi connectivity index (χ0v) is 42.9. The number of esters is 3. The molecule has 0 radical (unpaired) electrons. The summed E-state index contributed by atoms with van der Waals surface area (Å²) in [6.45, 7) is 6.29. The summed E-state index contributed by atoms with van der Waals surface area (Å²) in [5.41, 5.74) is 0. The molecule has 0 saturated carbocycles. The number of ether oxygens (including phenoxy) is 3. The lowest BCUT2D eigenvalue weighted by molar-refractivity contribution is -0.167. The Kier molecular flexibility index (Phi) is 50.6. The summed E-state index contributed by atoms with van der Waals surface area (Å²) in [5, 5.41) is 0. The SMILES string of the molecule is CC/C=C\C/C=C\C/C=C\C/C=C\C/C=C\CCCCCC(=O)OCC(COC(=O)CCCCC/C=C\CCCCCCCC)OC(=O)CCC/C=C\C/C=C\C/C=C\C/C=C\C/C=C\CC. The van der Waals surface area contributed by atoms with Crippen LogP contribution in [-0.2, 0) is 28.6 Å². The Hall–Kier alpha value is -4.45. The standard InChI is InChI=1S/C61H96O6/c1-4-7-10-13-16-19-22-25-27-29-30-32-33-36-39-42-45-48-51-54-60(63)66-57-58(56-65-59(62)53-50-47-44-41-38-35-24-21-18-15-12-9-6-3)67-61(64)55-52-49-46-43-40-37-34-31-28-26-23-20-17-14-11-8-5-2/h7-8,10-11,16-17,19-20,25-28,30,32,34-39,43,46,58H,4-6,9,12-15,18,21-24,29,31,33,40-42,44-45,47-57H2,1-3H3/b10-7-,11-8-,19-16-,20-17-,27-25-,28-26-,32-30-,37-34-,38-35-,39-36-,46-43-. The average Bonchev–Trinajstić information content (AvgIpc) is 3.33. The third-order valence-electron chi connectivity index (χ3n) is 10.6. The van der Waals surface area contributed by atoms with Crippen LogP contribution in [0.3, 0.4) is 0 Å². The van der Waals surface area contributed by atoms with Crippen LogP contribution in [0.25, 0.3) is 0 Å². The number of hydrogen-bond acceptors (Lipinski definition) is 6. The van der Waals surface area contributed by atoms with Crippen molar-refractivity contribution >= 4 is 17.9 Å². The minimum Gasteiger partial charge on any atom is -0.462 e. The van der Waals surface area contributed by atoms with Crippen molar-refractivity contribution in [2.24, 2.45) is 0 Å². The fourth-order valence-electron chi connectivity index (χ4n) is 6.67. The van der Waals surface area contributed by atoms with Gasteiger partial charge in [-0.3, -0.25) is 14.4 Å². The highest BCUT2D eigenvalue weighted by Crippen LogP contribution is 2.11. The van der Waals surface area contributed by atoms with E-state index in [4.69, 9.17) is 14.2 Å². The van der Waals surface area contributed by atoms with E-state index in [-0.39, 0.29) is 37.5 Å². The Labute approximate surface area is 411 Å². The van der Waals surface area contributed by atoms with Crippen molar-refractivity contribution in [3.8, 4) is 0 Å². The summed E-state index contributed by atoms with van der Waals surface area (Å²) in [5.74, 6) is -1.04. The van der Waals surface area contributed by atoms with Gasteiger partial charge in [0.05, 0.1) is 0 Å². The van der Waals surface area contributed by atoms with E-state index in [1.165, 1.54) is 38.5 Å². The van der Waals surface area contributed by atoms with Crippen LogP contribution in [-0.4, -0.2) is 37.2 Å². The van der Waals surface area contributed by atoms with Gasteiger partial charge in [-0.2, -0.15) is 0 Å². The molecule has 0 aromatic rings. The molecule has 0 fully saturated rings. The van der Waals surface area contributed by atoms with Crippen LogP contribution in [0.15, 0.2) is 134 Å². The van der Waals surface area contributed by atoms with Crippen LogP contribution < -0.4 is 0 Å². The predicted molar refractivity (Wildman–Crippen MR) is 288 cm³/mol. The third kappa shape index (κ3) is 52.4. The number of allylic oxidation sites excluding steroid dienone is 22. The molecule has 6 nitrogen and oxygen atoms in total. The van der Waals surface area contributed by atoms with Crippen LogP contribution in [0.4, 0.5) is 0 Å². The normalized spacial score (nSPS) is 13.2. The number of carbonyl (C=O) groups is 3. The van der Waals surface area contributed by atoms with Gasteiger partial charge in [-0.05, 0) is 128 Å². The molecule has 0 spiro atoms. The molecule has 0 aromatic carbocycles. The van der Waals surface area contributed by atoms with Crippen molar-refractivity contribution in [2.75, 3.05) is 13.2 Å². The zero-order chi connectivity index (χ0) is 48.6. The van der Waals surface area contributed by atoms with Gasteiger partial charge in [-0.1, -0.05) is 199 Å². The molecule has 0 aliphatic rings. The van der Waals surface area contributed by atoms with Gasteiger partial charge >= 0.3 is 17.9 Å². The molecule has 0 aromatic heterocycles. The highest BCUT2D eigenvalue weighted by Gasteiger charge is 2.19. The molecule has 0 saturated heterocycles. The van der Waals surface area contributed by atoms with Gasteiger partial charge in [-0.15, -0.1) is 0 Å². The molecule has 0 N–H and O–H groups in total. The molecule has 0 aliphatic carbocycles. The van der Waals surface area contributed by atoms with E-state index in [1.807, 2.05) is 0 Å². The van der Waals surface area contributed by atoms with Gasteiger partial charge in [0.2, 0.25) is 0 Å². The summed E-state index contributed by atoms with van der Waals surface area (Å²) in [7, 11) is 0. The molecular weight excluding hydrogens is 829 g/mol. The van der Waals surface area contributed by atoms with E-state index >= 15 is 0 Å². The van der Waals surface area contributed by atoms with Crippen molar-refractivity contribution in [1.82, 2.24) is 0 Å². The number of unbranched alkanes of at least 4 members (excludes halogenated alkanes) is 13. The summed E-state index contributed by atoms with van der Waals surface area (Å²) >= 11 is 0. The summed E-state index contributed by atoms with van der Waals surface area (Å²) in [4.78, 5) is 38.0. The lowest BCUT2D eigenvalue weighted by atomic mass is 10.1. The summed E-state index contributed by atoms with van der Waals surface area (Å²) in [6, 6.07) is 0. The summed E-state index contributed by atoms with van der Waals surface area (Å²) < 4.78 is 16.7. The second-order valence-corrected chi connectivity index (χ2v) is 17.0. The second kappa shape index (κ2) is 54.2. The highest BCUT2D eigenvalue weighted by atomic mass is 16.6. The Morgan fingerprint density at radius 3 is 0.970 bits per heavy atom. The monoisotopic (exact) mass is 925 g/mol. The fraction of sp³-hybridized carbons (Fsp3) is 0.590. The fourth-order valence-corrected chi connectivity index (χ4v) is 6.67. The van der Waals surface area contributed by atoms with Crippen LogP contribution in [0, 0.1) is 0 Å². The molecular formula is C61H96O6. The number of rotatable bonds is 46. The van der Waals surface area contributed by atoms with Crippen LogP contribution in [0.5, 0.6) is 0 Å². The first-order valence-electron chi connectivity index (χ1n) is 26.7. The van der Waals surface area contributed by atoms with Gasteiger partial charge in [0.15, 0.2) is 6.10 Å². The highest BCUT2D eigenvalue weighted by molar-refractivity contribution is 5.71. The maximum absolute atomic E-state index is 12.8. The number of hydrogen-bond donors (Lipinski definition) is 0. The van der Waals surface area contributed by atoms with Gasteiger partial charge in [0.25, 0.3) is 0 Å². The van der Waals surface area contributed by atoms with Crippen molar-refractivity contribution in [3.05, 3.63) is 134 Å². The zero-order valence-electron chi connectivity index (χ0n) is 42.9. The lowest BCUT2D eigenvalue weighted by Gasteiger charge is -2.18. The minimum absolute atomic E-state index is 0.124. The molecule has 0 bridgehead atoms. The van der Waals surface area contributed by atoms with Crippen molar-refractivity contribution in [1.29, 1.82) is 0 Å². The lowest BCUT2D eigenvalue weighted by Crippen LogP contribution is -2.30. The van der Waals surface area contributed by atoms with Crippen molar-refractivity contribution < 1.29 is 28.6 Å². The molecule has 67 heavy (non-hydrogen) atoms. The molecule has 376 valence electrons. The van der Waals surface area contributed by atoms with Crippen molar-refractivity contribution in [3.63, 3.8) is 0 Å². The van der Waals surface area contributed by atoms with Crippen LogP contribution in [0.2, 0.25) is 0 Å². The first-order chi connectivity index (χ1) is 33.0. The quantitative estimate of drug-likeness (QED) is 0.0262. The third-order valence-corrected chi connectivity index (χ3v) is 10.6. The Bertz CT molecular complexity index is 1480. The van der Waals surface area contributed by atoms with Crippen LogP contribution >= 0.6 is 0 Å². The Balaban J connectivity index is 4.58. The van der Waals surface area contributed by atoms with E-state index in [9.17, 15) is 14.4 Å². The maximum Gasteiger partial charge on any atom is 0.306 e. The molecule has 1 unspecified atom stereocenters. The van der Waals surface area contributed by atoms with E-state index in [0.29, 0.717) is 19.3 Å². The van der Waals surface area contributed by atoms with E-state index in [0.717, 1.165) is 128 Å². The molecule has 1 atom stereocenters. The van der Waals surface area contributed by atoms with Gasteiger partial charge in [0, 0.05) is 19.3 Å². The molecule has 6 heteroatoms. The van der Waals surface area contributed by atoms with Gasteiger partial charge in [-0.25, -0.2) is 0 Å². The second-order valence-electron chi connectivity index (χ2n) is 17.0. The van der Waals surface area contributed by atoms with E-state index < -0.39 is 6.10 Å². The predicted octanol–water partition coefficient (Wildman–Crippen LogP) is 17.9. The Morgan fingerprint density at radius 2 is 0.597 bits per heavy atom. The topological polar surface area (TPSA) is 78.9 Å². The Morgan fingerprint density at radius 1 is 0.313 bits per heavy atom. The molecule has 0 heterocycles.